The monoisotopic (exact) mass is 523 g/mol. The summed E-state index contributed by atoms with van der Waals surface area (Å²) in [5.41, 5.74) is 7.50. The number of anilines is 3. The molecule has 200 valence electrons. The van der Waals surface area contributed by atoms with Crippen LogP contribution >= 0.6 is 0 Å². The number of imidazole rings is 1. The first-order valence-electron chi connectivity index (χ1n) is 11.5. The summed E-state index contributed by atoms with van der Waals surface area (Å²) in [6.45, 7) is 3.52. The van der Waals surface area contributed by atoms with Crippen LogP contribution in [0.2, 0.25) is 0 Å². The Labute approximate surface area is 211 Å². The van der Waals surface area contributed by atoms with Gasteiger partial charge in [0.2, 0.25) is 17.8 Å². The van der Waals surface area contributed by atoms with Crippen molar-refractivity contribution in [2.45, 2.75) is 32.1 Å². The number of nitrogens with zero attached hydrogens (tertiary/aromatic N) is 5. The van der Waals surface area contributed by atoms with E-state index in [1.807, 2.05) is 35.6 Å². The van der Waals surface area contributed by atoms with Crippen molar-refractivity contribution in [3.63, 3.8) is 0 Å². The third kappa shape index (κ3) is 7.38. The second kappa shape index (κ2) is 12.0. The Bertz CT molecular complexity index is 1240. The lowest BCUT2D eigenvalue weighted by atomic mass is 10.1. The van der Waals surface area contributed by atoms with Crippen LogP contribution in [0, 0.1) is 6.92 Å². The van der Waals surface area contributed by atoms with Crippen LogP contribution in [0.5, 0.6) is 0 Å². The van der Waals surface area contributed by atoms with Gasteiger partial charge in [0.15, 0.2) is 0 Å². The van der Waals surface area contributed by atoms with Crippen LogP contribution in [0.1, 0.15) is 24.0 Å². The van der Waals surface area contributed by atoms with Gasteiger partial charge in [0, 0.05) is 44.9 Å². The maximum atomic E-state index is 13.8. The quantitative estimate of drug-likeness (QED) is 0.384. The second-order valence-corrected chi connectivity index (χ2v) is 8.49. The predicted molar refractivity (Wildman–Crippen MR) is 133 cm³/mol. The summed E-state index contributed by atoms with van der Waals surface area (Å²) in [4.78, 5) is 25.1. The van der Waals surface area contributed by atoms with Gasteiger partial charge in [-0.3, -0.25) is 4.79 Å². The third-order valence-corrected chi connectivity index (χ3v) is 5.64. The first-order valence-corrected chi connectivity index (χ1v) is 11.5. The Balaban J connectivity index is 0.000000289. The SMILES string of the molecule is COC/C=C/C(=O)Nc1cc2nc(N3CCCC(F)C3)n(C)c2cc1C.Nc1ncc(C(F)(F)F)cn1. The Kier molecular flexibility index (Phi) is 9.03. The molecule has 37 heavy (non-hydrogen) atoms. The van der Waals surface area contributed by atoms with Crippen LogP contribution in [0.15, 0.2) is 36.7 Å². The Morgan fingerprint density at radius 3 is 2.62 bits per heavy atom. The number of nitrogens with two attached hydrogens (primary N) is 1. The summed E-state index contributed by atoms with van der Waals surface area (Å²) in [5.74, 6) is 0.389. The molecule has 1 aliphatic rings. The van der Waals surface area contributed by atoms with E-state index in [4.69, 9.17) is 10.5 Å². The molecule has 0 radical (unpaired) electrons. The lowest BCUT2D eigenvalue weighted by Gasteiger charge is -2.29. The molecule has 0 aliphatic carbocycles. The highest BCUT2D eigenvalue weighted by atomic mass is 19.4. The molecule has 13 heteroatoms. The first kappa shape index (κ1) is 27.8. The minimum absolute atomic E-state index is 0.169. The van der Waals surface area contributed by atoms with Crippen LogP contribution in [-0.4, -0.2) is 58.4 Å². The molecule has 1 amide bonds. The van der Waals surface area contributed by atoms with Crippen LogP contribution in [0.4, 0.5) is 35.1 Å². The number of piperidine rings is 1. The van der Waals surface area contributed by atoms with Gasteiger partial charge < -0.3 is 25.3 Å². The molecule has 2 aromatic heterocycles. The molecule has 1 aliphatic heterocycles. The number of fused-ring (bicyclic) bond motifs is 1. The van der Waals surface area contributed by atoms with Gasteiger partial charge in [0.05, 0.1) is 29.7 Å². The van der Waals surface area contributed by atoms with E-state index in [1.165, 1.54) is 6.08 Å². The van der Waals surface area contributed by atoms with Crippen LogP contribution < -0.4 is 16.0 Å². The van der Waals surface area contributed by atoms with Crippen LogP contribution in [-0.2, 0) is 22.8 Å². The number of hydrogen-bond donors (Lipinski definition) is 2. The van der Waals surface area contributed by atoms with Gasteiger partial charge in [-0.1, -0.05) is 6.08 Å². The molecular formula is C24H29F4N7O2. The number of rotatable bonds is 5. The summed E-state index contributed by atoms with van der Waals surface area (Å²) >= 11 is 0. The van der Waals surface area contributed by atoms with Gasteiger partial charge in [-0.15, -0.1) is 0 Å². The molecule has 1 atom stereocenters. The van der Waals surface area contributed by atoms with Crippen molar-refractivity contribution >= 4 is 34.5 Å². The van der Waals surface area contributed by atoms with E-state index in [0.717, 1.165) is 41.2 Å². The number of hydrogen-bond acceptors (Lipinski definition) is 7. The number of aromatic nitrogens is 4. The number of halogens is 4. The largest absolute Gasteiger partial charge is 0.419 e. The summed E-state index contributed by atoms with van der Waals surface area (Å²) in [5, 5.41) is 2.87. The summed E-state index contributed by atoms with van der Waals surface area (Å²) in [7, 11) is 3.52. The average Bonchev–Trinajstić information content (AvgIpc) is 3.15. The number of carbonyl (C=O) groups excluding carboxylic acids is 1. The Hall–Kier alpha value is -3.74. The number of ether oxygens (including phenoxy) is 1. The van der Waals surface area contributed by atoms with Gasteiger partial charge in [-0.2, -0.15) is 13.2 Å². The van der Waals surface area contributed by atoms with Crippen molar-refractivity contribution in [3.8, 4) is 0 Å². The number of carbonyl (C=O) groups is 1. The number of aryl methyl sites for hydroxylation is 2. The molecule has 1 unspecified atom stereocenters. The van der Waals surface area contributed by atoms with Crippen molar-refractivity contribution in [1.29, 1.82) is 0 Å². The first-order chi connectivity index (χ1) is 17.5. The van der Waals surface area contributed by atoms with Crippen molar-refractivity contribution in [2.75, 3.05) is 42.8 Å². The van der Waals surface area contributed by atoms with Gasteiger partial charge >= 0.3 is 6.18 Å². The van der Waals surface area contributed by atoms with E-state index in [-0.39, 0.29) is 11.9 Å². The molecule has 1 aromatic carbocycles. The molecule has 1 saturated heterocycles. The molecule has 3 N–H and O–H groups in total. The number of amides is 1. The third-order valence-electron chi connectivity index (χ3n) is 5.64. The number of alkyl halides is 4. The molecule has 3 heterocycles. The van der Waals surface area contributed by atoms with Crippen molar-refractivity contribution in [3.05, 3.63) is 47.8 Å². The zero-order valence-electron chi connectivity index (χ0n) is 20.7. The average molecular weight is 524 g/mol. The van der Waals surface area contributed by atoms with Gasteiger partial charge in [-0.05, 0) is 37.5 Å². The minimum atomic E-state index is -4.40. The normalized spacial score (nSPS) is 16.1. The van der Waals surface area contributed by atoms with Crippen molar-refractivity contribution < 1.29 is 27.1 Å². The molecule has 1 fully saturated rings. The molecule has 3 aromatic rings. The lowest BCUT2D eigenvalue weighted by Crippen LogP contribution is -2.37. The maximum absolute atomic E-state index is 13.8. The van der Waals surface area contributed by atoms with E-state index in [0.29, 0.717) is 32.0 Å². The minimum Gasteiger partial charge on any atom is -0.381 e. The summed E-state index contributed by atoms with van der Waals surface area (Å²) in [6.07, 6.45) is 0.639. The zero-order valence-corrected chi connectivity index (χ0v) is 20.7. The van der Waals surface area contributed by atoms with Gasteiger partial charge in [0.1, 0.15) is 6.17 Å². The molecule has 0 saturated carbocycles. The fraction of sp³-hybridized carbons (Fsp3) is 0.417. The topological polar surface area (TPSA) is 111 Å². The molecule has 4 rings (SSSR count). The standard InChI is InChI=1S/C19H25FN4O2.C5H4F3N3/c1-13-10-17-16(11-15(13)21-18(25)7-5-9-26-3)22-19(23(17)2)24-8-4-6-14(20)12-24;6-5(7,8)3-1-10-4(9)11-2-3/h5,7,10-11,14H,4,6,8-9,12H2,1-3H3,(H,21,25);1-2H,(H2,9,10,11)/b7-5+;. The number of nitrogen functional groups attached to an aromatic ring is 1. The molecule has 9 nitrogen and oxygen atoms in total. The van der Waals surface area contributed by atoms with Gasteiger partial charge in [-0.25, -0.2) is 19.3 Å². The summed E-state index contributed by atoms with van der Waals surface area (Å²) < 4.78 is 56.0. The van der Waals surface area contributed by atoms with E-state index >= 15 is 0 Å². The van der Waals surface area contributed by atoms with Crippen molar-refractivity contribution in [2.24, 2.45) is 7.05 Å². The smallest absolute Gasteiger partial charge is 0.381 e. The fourth-order valence-electron chi connectivity index (χ4n) is 3.76. The van der Waals surface area contributed by atoms with Crippen LogP contribution in [0.3, 0.4) is 0 Å². The Morgan fingerprint density at radius 1 is 1.30 bits per heavy atom. The number of benzene rings is 1. The molecule has 0 spiro atoms. The molecular weight excluding hydrogens is 494 g/mol. The van der Waals surface area contributed by atoms with Crippen molar-refractivity contribution in [1.82, 2.24) is 19.5 Å². The van der Waals surface area contributed by atoms with E-state index < -0.39 is 17.9 Å². The summed E-state index contributed by atoms with van der Waals surface area (Å²) in [6, 6.07) is 3.87. The second-order valence-electron chi connectivity index (χ2n) is 8.49. The van der Waals surface area contributed by atoms with E-state index in [9.17, 15) is 22.4 Å². The highest BCUT2D eigenvalue weighted by molar-refractivity contribution is 6.01. The van der Waals surface area contributed by atoms with E-state index in [2.05, 4.69) is 20.3 Å². The Morgan fingerprint density at radius 2 is 2.00 bits per heavy atom. The highest BCUT2D eigenvalue weighted by Crippen LogP contribution is 2.29. The van der Waals surface area contributed by atoms with Crippen LogP contribution in [0.25, 0.3) is 11.0 Å². The number of nitrogens with one attached hydrogen (secondary N) is 1. The fourth-order valence-corrected chi connectivity index (χ4v) is 3.76. The van der Waals surface area contributed by atoms with Gasteiger partial charge in [0.25, 0.3) is 0 Å². The molecule has 0 bridgehead atoms. The highest BCUT2D eigenvalue weighted by Gasteiger charge is 2.31. The van der Waals surface area contributed by atoms with E-state index in [1.54, 1.807) is 13.2 Å². The predicted octanol–water partition coefficient (Wildman–Crippen LogP) is 4.04. The zero-order chi connectivity index (χ0) is 27.2. The maximum Gasteiger partial charge on any atom is 0.419 e. The lowest BCUT2D eigenvalue weighted by molar-refractivity contribution is -0.138. The number of methoxy groups -OCH3 is 1.